The van der Waals surface area contributed by atoms with Gasteiger partial charge < -0.3 is 5.32 Å². The van der Waals surface area contributed by atoms with Crippen molar-refractivity contribution in [1.82, 2.24) is 4.98 Å². The molecule has 1 aromatic carbocycles. The molecule has 2 aromatic rings. The molecular weight excluding hydrogens is 236 g/mol. The maximum absolute atomic E-state index is 12.4. The van der Waals surface area contributed by atoms with Crippen molar-refractivity contribution in [2.45, 2.75) is 19.3 Å². The molecule has 1 N–H and O–H groups in total. The molecule has 0 spiro atoms. The fraction of sp³-hybridized carbons (Fsp3) is 0.250. The summed E-state index contributed by atoms with van der Waals surface area (Å²) >= 11 is 0. The van der Waals surface area contributed by atoms with Crippen LogP contribution in [0.15, 0.2) is 42.7 Å². The second-order valence-corrected chi connectivity index (χ2v) is 4.82. The first-order chi connectivity index (χ1) is 9.34. The summed E-state index contributed by atoms with van der Waals surface area (Å²) in [6.45, 7) is 0.993. The topological polar surface area (TPSA) is 42.0 Å². The highest BCUT2D eigenvalue weighted by molar-refractivity contribution is 6.00. The number of nitrogens with one attached hydrogen (secondary N) is 1. The number of carbonyl (C=O) groups is 1. The number of benzene rings is 1. The summed E-state index contributed by atoms with van der Waals surface area (Å²) < 4.78 is 0. The SMILES string of the molecule is O=C(Cc1cccnc1)c1cccc2c1CCCN2. The average molecular weight is 252 g/mol. The summed E-state index contributed by atoms with van der Waals surface area (Å²) in [4.78, 5) is 16.5. The highest BCUT2D eigenvalue weighted by atomic mass is 16.1. The molecule has 0 fully saturated rings. The number of rotatable bonds is 3. The number of hydrogen-bond donors (Lipinski definition) is 1. The summed E-state index contributed by atoms with van der Waals surface area (Å²) in [5.41, 5.74) is 4.10. The first kappa shape index (κ1) is 11.9. The first-order valence-corrected chi connectivity index (χ1v) is 6.62. The normalized spacial score (nSPS) is 13.5. The summed E-state index contributed by atoms with van der Waals surface area (Å²) in [5, 5.41) is 3.36. The van der Waals surface area contributed by atoms with Crippen molar-refractivity contribution < 1.29 is 4.79 Å². The zero-order valence-corrected chi connectivity index (χ0v) is 10.7. The Morgan fingerprint density at radius 1 is 1.26 bits per heavy atom. The van der Waals surface area contributed by atoms with Crippen molar-refractivity contribution in [2.24, 2.45) is 0 Å². The van der Waals surface area contributed by atoms with E-state index in [9.17, 15) is 4.79 Å². The van der Waals surface area contributed by atoms with Gasteiger partial charge in [-0.1, -0.05) is 18.2 Å². The Kier molecular flexibility index (Phi) is 3.27. The standard InChI is InChI=1S/C16H16N2O/c19-16(10-12-4-2-8-17-11-12)14-5-1-7-15-13(14)6-3-9-18-15/h1-2,4-5,7-8,11,18H,3,6,9-10H2. The second-order valence-electron chi connectivity index (χ2n) is 4.82. The van der Waals surface area contributed by atoms with Crippen LogP contribution in [0.5, 0.6) is 0 Å². The predicted molar refractivity (Wildman–Crippen MR) is 75.5 cm³/mol. The molecule has 0 aliphatic carbocycles. The number of fused-ring (bicyclic) bond motifs is 1. The summed E-state index contributed by atoms with van der Waals surface area (Å²) in [6, 6.07) is 9.75. The number of nitrogens with zero attached hydrogens (tertiary/aromatic N) is 1. The van der Waals surface area contributed by atoms with E-state index in [0.29, 0.717) is 6.42 Å². The van der Waals surface area contributed by atoms with Gasteiger partial charge in [-0.25, -0.2) is 0 Å². The van der Waals surface area contributed by atoms with Gasteiger partial charge in [-0.05, 0) is 36.1 Å². The maximum Gasteiger partial charge on any atom is 0.167 e. The fourth-order valence-corrected chi connectivity index (χ4v) is 2.55. The molecule has 0 saturated heterocycles. The van der Waals surface area contributed by atoms with Crippen molar-refractivity contribution in [3.8, 4) is 0 Å². The minimum absolute atomic E-state index is 0.175. The van der Waals surface area contributed by atoms with Gasteiger partial charge in [0.05, 0.1) is 0 Å². The molecule has 96 valence electrons. The van der Waals surface area contributed by atoms with Gasteiger partial charge in [0.2, 0.25) is 0 Å². The Bertz CT molecular complexity index is 593. The molecule has 1 aliphatic heterocycles. The zero-order chi connectivity index (χ0) is 13.1. The van der Waals surface area contributed by atoms with Gasteiger partial charge in [-0.15, -0.1) is 0 Å². The summed E-state index contributed by atoms with van der Waals surface area (Å²) in [6.07, 6.45) is 5.97. The van der Waals surface area contributed by atoms with Gasteiger partial charge in [-0.3, -0.25) is 9.78 Å². The quantitative estimate of drug-likeness (QED) is 0.854. The Hall–Kier alpha value is -2.16. The van der Waals surface area contributed by atoms with Crippen LogP contribution < -0.4 is 5.32 Å². The summed E-state index contributed by atoms with van der Waals surface area (Å²) in [5.74, 6) is 0.175. The lowest BCUT2D eigenvalue weighted by Gasteiger charge is -2.20. The highest BCUT2D eigenvalue weighted by Gasteiger charge is 2.17. The van der Waals surface area contributed by atoms with Crippen molar-refractivity contribution in [3.05, 3.63) is 59.4 Å². The van der Waals surface area contributed by atoms with E-state index in [1.165, 1.54) is 5.56 Å². The highest BCUT2D eigenvalue weighted by Crippen LogP contribution is 2.26. The molecule has 0 atom stereocenters. The molecule has 3 nitrogen and oxygen atoms in total. The molecule has 2 heterocycles. The van der Waals surface area contributed by atoms with Crippen LogP contribution in [-0.4, -0.2) is 17.3 Å². The van der Waals surface area contributed by atoms with Crippen LogP contribution in [0.1, 0.15) is 27.9 Å². The number of ketones is 1. The largest absolute Gasteiger partial charge is 0.385 e. The van der Waals surface area contributed by atoms with E-state index in [-0.39, 0.29) is 5.78 Å². The molecule has 3 heteroatoms. The minimum atomic E-state index is 0.175. The molecule has 0 amide bonds. The number of Topliss-reactive ketones (excluding diaryl/α,β-unsaturated/α-hetero) is 1. The van der Waals surface area contributed by atoms with Crippen molar-refractivity contribution in [2.75, 3.05) is 11.9 Å². The van der Waals surface area contributed by atoms with E-state index in [2.05, 4.69) is 16.4 Å². The number of carbonyl (C=O) groups excluding carboxylic acids is 1. The Balaban J connectivity index is 1.88. The zero-order valence-electron chi connectivity index (χ0n) is 10.7. The number of hydrogen-bond acceptors (Lipinski definition) is 3. The Labute approximate surface area is 112 Å². The van der Waals surface area contributed by atoms with E-state index in [1.807, 2.05) is 24.3 Å². The van der Waals surface area contributed by atoms with E-state index < -0.39 is 0 Å². The van der Waals surface area contributed by atoms with E-state index in [4.69, 9.17) is 0 Å². The average Bonchev–Trinajstić information content (AvgIpc) is 2.47. The molecule has 0 unspecified atom stereocenters. The lowest BCUT2D eigenvalue weighted by Crippen LogP contribution is -2.16. The second kappa shape index (κ2) is 5.22. The van der Waals surface area contributed by atoms with Crippen molar-refractivity contribution in [1.29, 1.82) is 0 Å². The third-order valence-corrected chi connectivity index (χ3v) is 3.48. The molecule has 3 rings (SSSR count). The van der Waals surface area contributed by atoms with Gasteiger partial charge in [0, 0.05) is 36.6 Å². The third kappa shape index (κ3) is 2.50. The van der Waals surface area contributed by atoms with Crippen LogP contribution in [0.25, 0.3) is 0 Å². The van der Waals surface area contributed by atoms with Gasteiger partial charge in [0.25, 0.3) is 0 Å². The molecule has 0 saturated carbocycles. The fourth-order valence-electron chi connectivity index (χ4n) is 2.55. The molecule has 0 radical (unpaired) electrons. The number of aromatic nitrogens is 1. The molecular formula is C16H16N2O. The van der Waals surface area contributed by atoms with Crippen LogP contribution in [0.2, 0.25) is 0 Å². The smallest absolute Gasteiger partial charge is 0.167 e. The van der Waals surface area contributed by atoms with Gasteiger partial charge in [0.15, 0.2) is 5.78 Å². The molecule has 1 aromatic heterocycles. The van der Waals surface area contributed by atoms with E-state index in [0.717, 1.165) is 36.2 Å². The lowest BCUT2D eigenvalue weighted by atomic mass is 9.93. The van der Waals surface area contributed by atoms with Gasteiger partial charge >= 0.3 is 0 Å². The third-order valence-electron chi connectivity index (χ3n) is 3.48. The number of pyridine rings is 1. The predicted octanol–water partition coefficient (Wildman–Crippen LogP) is 2.87. The maximum atomic E-state index is 12.4. The van der Waals surface area contributed by atoms with Gasteiger partial charge in [0.1, 0.15) is 0 Å². The van der Waals surface area contributed by atoms with E-state index >= 15 is 0 Å². The van der Waals surface area contributed by atoms with Crippen molar-refractivity contribution >= 4 is 11.5 Å². The number of anilines is 1. The molecule has 19 heavy (non-hydrogen) atoms. The van der Waals surface area contributed by atoms with Crippen LogP contribution in [0, 0.1) is 0 Å². The van der Waals surface area contributed by atoms with Crippen LogP contribution in [-0.2, 0) is 12.8 Å². The minimum Gasteiger partial charge on any atom is -0.385 e. The van der Waals surface area contributed by atoms with Crippen LogP contribution >= 0.6 is 0 Å². The van der Waals surface area contributed by atoms with E-state index in [1.54, 1.807) is 12.4 Å². The van der Waals surface area contributed by atoms with Gasteiger partial charge in [-0.2, -0.15) is 0 Å². The Morgan fingerprint density at radius 2 is 2.21 bits per heavy atom. The first-order valence-electron chi connectivity index (χ1n) is 6.62. The Morgan fingerprint density at radius 3 is 3.05 bits per heavy atom. The van der Waals surface area contributed by atoms with Crippen molar-refractivity contribution in [3.63, 3.8) is 0 Å². The van der Waals surface area contributed by atoms with Crippen LogP contribution in [0.4, 0.5) is 5.69 Å². The molecule has 1 aliphatic rings. The van der Waals surface area contributed by atoms with Crippen LogP contribution in [0.3, 0.4) is 0 Å². The lowest BCUT2D eigenvalue weighted by molar-refractivity contribution is 0.0992. The monoisotopic (exact) mass is 252 g/mol. The molecule has 0 bridgehead atoms. The summed E-state index contributed by atoms with van der Waals surface area (Å²) in [7, 11) is 0.